The Morgan fingerprint density at radius 3 is 2.60 bits per heavy atom. The second kappa shape index (κ2) is 9.33. The maximum Gasteiger partial charge on any atom is 0.380 e. The molecule has 1 aliphatic rings. The Balaban J connectivity index is 1.88. The molecule has 2 N–H and O–H groups in total. The van der Waals surface area contributed by atoms with E-state index in [4.69, 9.17) is 18.5 Å². The Kier molecular flexibility index (Phi) is 7.01. The van der Waals surface area contributed by atoms with Crippen molar-refractivity contribution < 1.29 is 28.2 Å². The topological polar surface area (TPSA) is 160 Å². The molecule has 4 atom stereocenters. The third-order valence-corrected chi connectivity index (χ3v) is 6.64. The van der Waals surface area contributed by atoms with Gasteiger partial charge in [-0.2, -0.15) is 0 Å². The molecule has 0 radical (unpaired) electrons. The van der Waals surface area contributed by atoms with E-state index in [1.165, 1.54) is 24.2 Å². The van der Waals surface area contributed by atoms with E-state index in [2.05, 4.69) is 15.3 Å². The van der Waals surface area contributed by atoms with Gasteiger partial charge in [-0.25, -0.2) is 9.48 Å². The number of aromatic nitrogens is 5. The molecule has 2 aromatic rings. The van der Waals surface area contributed by atoms with Gasteiger partial charge in [0.2, 0.25) is 0 Å². The molecule has 0 aromatic carbocycles. The minimum atomic E-state index is -3.67. The van der Waals surface area contributed by atoms with Crippen molar-refractivity contribution in [2.45, 2.75) is 44.9 Å². The van der Waals surface area contributed by atoms with Crippen LogP contribution < -0.4 is 16.7 Å². The number of aliphatic hydroxyl groups excluding tert-OH is 1. The average Bonchev–Trinajstić information content (AvgIpc) is 3.28. The molecule has 0 spiro atoms. The molecule has 30 heavy (non-hydrogen) atoms. The van der Waals surface area contributed by atoms with Crippen molar-refractivity contribution >= 4 is 13.0 Å². The second-order valence-electron chi connectivity index (χ2n) is 6.38. The van der Waals surface area contributed by atoms with Crippen molar-refractivity contribution in [3.63, 3.8) is 0 Å². The van der Waals surface area contributed by atoms with Gasteiger partial charge in [-0.3, -0.25) is 18.9 Å². The molecule has 1 saturated heterocycles. The number of H-pyrrole nitrogens is 1. The average molecular weight is 445 g/mol. The maximum atomic E-state index is 13.1. The second-order valence-corrected chi connectivity index (χ2v) is 8.35. The number of hydrogen-bond acceptors (Lipinski definition) is 10. The SMILES string of the molecule is CCOP(=O)(OCC)c1cnnn1C[C@H]1O[C@@H](n2ccc(=O)[nH]c2=O)[C@H](OC)[C@@H]1O. The van der Waals surface area contributed by atoms with Crippen LogP contribution in [-0.4, -0.2) is 68.3 Å². The summed E-state index contributed by atoms with van der Waals surface area (Å²) in [6.07, 6.45) is -1.43. The van der Waals surface area contributed by atoms with E-state index in [0.717, 1.165) is 10.6 Å². The lowest BCUT2D eigenvalue weighted by Crippen LogP contribution is -2.39. The Hall–Kier alpha value is -2.15. The summed E-state index contributed by atoms with van der Waals surface area (Å²) in [4.78, 5) is 25.6. The van der Waals surface area contributed by atoms with Gasteiger partial charge in [-0.15, -0.1) is 5.10 Å². The highest BCUT2D eigenvalue weighted by Crippen LogP contribution is 2.46. The van der Waals surface area contributed by atoms with E-state index < -0.39 is 43.4 Å². The smallest absolute Gasteiger partial charge is 0.380 e. The summed E-state index contributed by atoms with van der Waals surface area (Å²) in [6, 6.07) is 1.16. The number of rotatable bonds is 9. The zero-order chi connectivity index (χ0) is 21.9. The van der Waals surface area contributed by atoms with Crippen LogP contribution in [0.25, 0.3) is 0 Å². The standard InChI is InChI=1S/C16H24N5O8P/c1-4-27-30(25,28-5-2)12-8-17-19-21(12)9-10-13(23)14(26-3)15(29-10)20-7-6-11(22)18-16(20)24/h6-8,10,13-15,23H,4-5,9H2,1-3H3,(H,18,22,24)/t10-,13-,14-,15-/m1/s1. The van der Waals surface area contributed by atoms with Crippen molar-refractivity contribution in [2.75, 3.05) is 20.3 Å². The minimum absolute atomic E-state index is 0.0604. The van der Waals surface area contributed by atoms with E-state index in [1.54, 1.807) is 13.8 Å². The Bertz CT molecular complexity index is 1010. The molecule has 1 aliphatic heterocycles. The van der Waals surface area contributed by atoms with Gasteiger partial charge in [0.25, 0.3) is 5.56 Å². The molecule has 3 heterocycles. The highest BCUT2D eigenvalue weighted by molar-refractivity contribution is 7.61. The Labute approximate surface area is 171 Å². The normalized spacial score (nSPS) is 24.4. The fourth-order valence-corrected chi connectivity index (χ4v) is 4.87. The molecule has 0 saturated carbocycles. The molecule has 2 aromatic heterocycles. The van der Waals surface area contributed by atoms with Crippen molar-refractivity contribution in [2.24, 2.45) is 0 Å². The summed E-state index contributed by atoms with van der Waals surface area (Å²) in [5.41, 5.74) is -1.16. The summed E-state index contributed by atoms with van der Waals surface area (Å²) in [5, 5.41) is 18.4. The minimum Gasteiger partial charge on any atom is -0.387 e. The van der Waals surface area contributed by atoms with Gasteiger partial charge in [0.15, 0.2) is 11.7 Å². The Morgan fingerprint density at radius 1 is 1.30 bits per heavy atom. The van der Waals surface area contributed by atoms with Crippen molar-refractivity contribution in [1.29, 1.82) is 0 Å². The van der Waals surface area contributed by atoms with Gasteiger partial charge < -0.3 is 23.6 Å². The lowest BCUT2D eigenvalue weighted by molar-refractivity contribution is -0.0565. The fraction of sp³-hybridized carbons (Fsp3) is 0.625. The number of hydrogen-bond donors (Lipinski definition) is 2. The summed E-state index contributed by atoms with van der Waals surface area (Å²) in [5.74, 6) is 0. The van der Waals surface area contributed by atoms with Gasteiger partial charge >= 0.3 is 13.3 Å². The number of methoxy groups -OCH3 is 1. The highest BCUT2D eigenvalue weighted by atomic mass is 31.2. The lowest BCUT2D eigenvalue weighted by atomic mass is 10.1. The summed E-state index contributed by atoms with van der Waals surface area (Å²) in [7, 11) is -2.31. The van der Waals surface area contributed by atoms with Gasteiger partial charge in [0, 0.05) is 19.4 Å². The zero-order valence-electron chi connectivity index (χ0n) is 16.7. The zero-order valence-corrected chi connectivity index (χ0v) is 17.6. The van der Waals surface area contributed by atoms with Crippen LogP contribution in [0.15, 0.2) is 28.0 Å². The van der Waals surface area contributed by atoms with Crippen LogP contribution in [0.1, 0.15) is 20.1 Å². The van der Waals surface area contributed by atoms with Crippen LogP contribution in [0.2, 0.25) is 0 Å². The van der Waals surface area contributed by atoms with Crippen molar-refractivity contribution in [3.8, 4) is 0 Å². The third kappa shape index (κ3) is 4.31. The predicted molar refractivity (Wildman–Crippen MR) is 103 cm³/mol. The van der Waals surface area contributed by atoms with Crippen LogP contribution in [0.5, 0.6) is 0 Å². The van der Waals surface area contributed by atoms with Crippen LogP contribution in [0.3, 0.4) is 0 Å². The van der Waals surface area contributed by atoms with Gasteiger partial charge in [-0.1, -0.05) is 5.21 Å². The molecular formula is C16H24N5O8P. The van der Waals surface area contributed by atoms with E-state index in [0.29, 0.717) is 0 Å². The molecule has 0 aliphatic carbocycles. The quantitative estimate of drug-likeness (QED) is 0.458. The highest BCUT2D eigenvalue weighted by Gasteiger charge is 2.46. The fourth-order valence-electron chi connectivity index (χ4n) is 3.25. The number of aliphatic hydroxyl groups is 1. The van der Waals surface area contributed by atoms with Crippen molar-refractivity contribution in [1.82, 2.24) is 24.5 Å². The van der Waals surface area contributed by atoms with Gasteiger partial charge in [-0.05, 0) is 13.8 Å². The van der Waals surface area contributed by atoms with Crippen LogP contribution in [-0.2, 0) is 29.6 Å². The van der Waals surface area contributed by atoms with E-state index in [1.807, 2.05) is 0 Å². The van der Waals surface area contributed by atoms with Crippen molar-refractivity contribution in [3.05, 3.63) is 39.3 Å². The van der Waals surface area contributed by atoms with E-state index in [9.17, 15) is 19.3 Å². The maximum absolute atomic E-state index is 13.1. The third-order valence-electron chi connectivity index (χ3n) is 4.54. The molecule has 0 unspecified atom stereocenters. The largest absolute Gasteiger partial charge is 0.387 e. The predicted octanol–water partition coefficient (Wildman–Crippen LogP) is -1.01. The molecule has 14 heteroatoms. The molecule has 3 rings (SSSR count). The molecule has 1 fully saturated rings. The monoisotopic (exact) mass is 445 g/mol. The molecular weight excluding hydrogens is 421 g/mol. The summed E-state index contributed by atoms with van der Waals surface area (Å²) < 4.78 is 37.3. The van der Waals surface area contributed by atoms with Gasteiger partial charge in [0.1, 0.15) is 18.3 Å². The van der Waals surface area contributed by atoms with Gasteiger partial charge in [0.05, 0.1) is 26.0 Å². The van der Waals surface area contributed by atoms with Crippen LogP contribution in [0.4, 0.5) is 0 Å². The first kappa shape index (κ1) is 22.5. The van der Waals surface area contributed by atoms with Crippen LogP contribution >= 0.6 is 7.60 Å². The number of nitrogens with one attached hydrogen (secondary N) is 1. The summed E-state index contributed by atoms with van der Waals surface area (Å²) >= 11 is 0. The summed E-state index contributed by atoms with van der Waals surface area (Å²) in [6.45, 7) is 3.59. The molecule has 0 amide bonds. The molecule has 166 valence electrons. The number of ether oxygens (including phenoxy) is 2. The van der Waals surface area contributed by atoms with E-state index >= 15 is 0 Å². The van der Waals surface area contributed by atoms with Crippen LogP contribution in [0, 0.1) is 0 Å². The first-order valence-corrected chi connectivity index (χ1v) is 10.8. The Morgan fingerprint density at radius 2 is 2.00 bits per heavy atom. The number of nitrogens with zero attached hydrogens (tertiary/aromatic N) is 4. The first-order chi connectivity index (χ1) is 14.3. The number of aromatic amines is 1. The molecule has 13 nitrogen and oxygen atoms in total. The van der Waals surface area contributed by atoms with E-state index in [-0.39, 0.29) is 25.2 Å². The first-order valence-electron chi connectivity index (χ1n) is 9.30. The molecule has 0 bridgehead atoms. The lowest BCUT2D eigenvalue weighted by Gasteiger charge is -2.20.